The van der Waals surface area contributed by atoms with Gasteiger partial charge in [0.15, 0.2) is 0 Å². The first-order valence-corrected chi connectivity index (χ1v) is 10.2. The molecule has 4 nitrogen and oxygen atoms in total. The van der Waals surface area contributed by atoms with E-state index in [1.807, 2.05) is 6.26 Å². The van der Waals surface area contributed by atoms with Gasteiger partial charge >= 0.3 is 0 Å². The van der Waals surface area contributed by atoms with Crippen LogP contribution in [-0.2, 0) is 9.59 Å². The number of thioether (sulfide) groups is 2. The minimum absolute atomic E-state index is 0.0519. The normalized spacial score (nSPS) is 22.6. The number of nitrogens with one attached hydrogen (secondary N) is 2. The van der Waals surface area contributed by atoms with Crippen LogP contribution in [0.2, 0.25) is 0 Å². The van der Waals surface area contributed by atoms with E-state index in [4.69, 9.17) is 0 Å². The topological polar surface area (TPSA) is 58.2 Å². The Morgan fingerprint density at radius 2 is 2.10 bits per heavy atom. The summed E-state index contributed by atoms with van der Waals surface area (Å²) in [6.07, 6.45) is 7.02. The zero-order valence-corrected chi connectivity index (χ0v) is 14.9. The van der Waals surface area contributed by atoms with Crippen LogP contribution in [0.1, 0.15) is 46.0 Å². The first kappa shape index (κ1) is 18.8. The van der Waals surface area contributed by atoms with Crippen LogP contribution >= 0.6 is 23.5 Å². The number of rotatable bonds is 9. The molecule has 0 saturated carbocycles. The van der Waals surface area contributed by atoms with E-state index in [-0.39, 0.29) is 29.1 Å². The molecule has 1 heterocycles. The van der Waals surface area contributed by atoms with E-state index < -0.39 is 0 Å². The van der Waals surface area contributed by atoms with Gasteiger partial charge in [0, 0.05) is 11.8 Å². The SMILES string of the molecule is CCCC(CCC)NC(=O)C1CSC(=O)C(CCSC)N1. The minimum atomic E-state index is -0.240. The van der Waals surface area contributed by atoms with Crippen LogP contribution in [0.15, 0.2) is 0 Å². The zero-order valence-electron chi connectivity index (χ0n) is 13.3. The number of hydrogen-bond donors (Lipinski definition) is 2. The molecular formula is C15H28N2O2S2. The molecule has 0 aromatic carbocycles. The zero-order chi connectivity index (χ0) is 15.7. The van der Waals surface area contributed by atoms with Gasteiger partial charge in [0.25, 0.3) is 0 Å². The molecule has 21 heavy (non-hydrogen) atoms. The van der Waals surface area contributed by atoms with Gasteiger partial charge < -0.3 is 5.32 Å². The lowest BCUT2D eigenvalue weighted by molar-refractivity contribution is -0.124. The first-order chi connectivity index (χ1) is 10.1. The summed E-state index contributed by atoms with van der Waals surface area (Å²) in [5, 5.41) is 6.55. The molecule has 2 N–H and O–H groups in total. The van der Waals surface area contributed by atoms with E-state index in [2.05, 4.69) is 24.5 Å². The summed E-state index contributed by atoms with van der Waals surface area (Å²) in [4.78, 5) is 24.2. The summed E-state index contributed by atoms with van der Waals surface area (Å²) in [6, 6.07) is -0.153. The van der Waals surface area contributed by atoms with Crippen molar-refractivity contribution in [2.75, 3.05) is 17.8 Å². The average Bonchev–Trinajstić information content (AvgIpc) is 2.47. The van der Waals surface area contributed by atoms with Gasteiger partial charge in [-0.25, -0.2) is 0 Å². The van der Waals surface area contributed by atoms with Crippen molar-refractivity contribution in [3.8, 4) is 0 Å². The van der Waals surface area contributed by atoms with Crippen molar-refractivity contribution < 1.29 is 9.59 Å². The summed E-state index contributed by atoms with van der Waals surface area (Å²) < 4.78 is 0. The van der Waals surface area contributed by atoms with Crippen LogP contribution in [0.4, 0.5) is 0 Å². The van der Waals surface area contributed by atoms with Gasteiger partial charge in [-0.15, -0.1) is 0 Å². The van der Waals surface area contributed by atoms with Crippen LogP contribution in [0, 0.1) is 0 Å². The fourth-order valence-corrected chi connectivity index (χ4v) is 3.94. The van der Waals surface area contributed by atoms with Crippen molar-refractivity contribution in [2.45, 2.75) is 64.1 Å². The van der Waals surface area contributed by atoms with E-state index in [1.165, 1.54) is 11.8 Å². The molecule has 0 aliphatic carbocycles. The minimum Gasteiger partial charge on any atom is -0.352 e. The summed E-state index contributed by atoms with van der Waals surface area (Å²) >= 11 is 3.02. The maximum absolute atomic E-state index is 12.4. The Kier molecular flexibility index (Phi) is 9.44. The smallest absolute Gasteiger partial charge is 0.238 e. The largest absolute Gasteiger partial charge is 0.352 e. The molecule has 0 spiro atoms. The van der Waals surface area contributed by atoms with Crippen LogP contribution in [0.3, 0.4) is 0 Å². The summed E-state index contributed by atoms with van der Waals surface area (Å²) in [6.45, 7) is 4.28. The highest BCUT2D eigenvalue weighted by atomic mass is 32.2. The summed E-state index contributed by atoms with van der Waals surface area (Å²) in [5.41, 5.74) is 0. The Morgan fingerprint density at radius 1 is 1.43 bits per heavy atom. The molecule has 0 bridgehead atoms. The molecule has 0 radical (unpaired) electrons. The van der Waals surface area contributed by atoms with E-state index >= 15 is 0 Å². The second kappa shape index (κ2) is 10.5. The lowest BCUT2D eigenvalue weighted by atomic mass is 10.1. The van der Waals surface area contributed by atoms with Crippen molar-refractivity contribution in [3.63, 3.8) is 0 Å². The Balaban J connectivity index is 2.50. The van der Waals surface area contributed by atoms with Crippen LogP contribution in [0.25, 0.3) is 0 Å². The molecule has 0 aromatic heterocycles. The average molecular weight is 333 g/mol. The second-order valence-corrected chi connectivity index (χ2v) is 7.48. The fourth-order valence-electron chi connectivity index (χ4n) is 2.50. The molecule has 6 heteroatoms. The van der Waals surface area contributed by atoms with E-state index in [0.29, 0.717) is 5.75 Å². The van der Waals surface area contributed by atoms with Gasteiger partial charge in [-0.2, -0.15) is 11.8 Å². The molecule has 1 saturated heterocycles. The predicted octanol–water partition coefficient (Wildman–Crippen LogP) is 2.42. The highest BCUT2D eigenvalue weighted by molar-refractivity contribution is 8.13. The summed E-state index contributed by atoms with van der Waals surface area (Å²) in [7, 11) is 0. The maximum Gasteiger partial charge on any atom is 0.238 e. The standard InChI is InChI=1S/C15H28N2O2S2/c1-4-6-11(7-5-2)16-14(18)13-10-21-15(19)12(17-13)8-9-20-3/h11-13,17H,4-10H2,1-3H3,(H,16,18). The fraction of sp³-hybridized carbons (Fsp3) is 0.867. The molecular weight excluding hydrogens is 304 g/mol. The van der Waals surface area contributed by atoms with E-state index in [1.54, 1.807) is 11.8 Å². The third-order valence-electron chi connectivity index (χ3n) is 3.63. The number of amides is 1. The molecule has 2 unspecified atom stereocenters. The Labute approximate surface area is 137 Å². The molecule has 1 rings (SSSR count). The summed E-state index contributed by atoms with van der Waals surface area (Å²) in [5.74, 6) is 1.54. The quantitative estimate of drug-likeness (QED) is 0.679. The Hall–Kier alpha value is -0.200. The van der Waals surface area contributed by atoms with E-state index in [9.17, 15) is 9.59 Å². The van der Waals surface area contributed by atoms with Crippen LogP contribution in [0.5, 0.6) is 0 Å². The lowest BCUT2D eigenvalue weighted by Gasteiger charge is -2.30. The molecule has 2 atom stereocenters. The van der Waals surface area contributed by atoms with Gasteiger partial charge in [0.1, 0.15) is 0 Å². The highest BCUT2D eigenvalue weighted by Gasteiger charge is 2.32. The molecule has 122 valence electrons. The van der Waals surface area contributed by atoms with E-state index in [0.717, 1.165) is 37.9 Å². The molecule has 1 aliphatic heterocycles. The van der Waals surface area contributed by atoms with Crippen molar-refractivity contribution in [3.05, 3.63) is 0 Å². The van der Waals surface area contributed by atoms with Crippen molar-refractivity contribution in [2.24, 2.45) is 0 Å². The Morgan fingerprint density at radius 3 is 2.67 bits per heavy atom. The second-order valence-electron chi connectivity index (χ2n) is 5.47. The van der Waals surface area contributed by atoms with Gasteiger partial charge in [0.2, 0.25) is 11.0 Å². The van der Waals surface area contributed by atoms with Crippen molar-refractivity contribution >= 4 is 34.5 Å². The van der Waals surface area contributed by atoms with Gasteiger partial charge in [-0.05, 0) is 31.3 Å². The first-order valence-electron chi connectivity index (χ1n) is 7.84. The third kappa shape index (κ3) is 6.61. The lowest BCUT2D eigenvalue weighted by Crippen LogP contribution is -2.56. The number of carbonyl (C=O) groups is 2. The number of hydrogen-bond acceptors (Lipinski definition) is 5. The van der Waals surface area contributed by atoms with Gasteiger partial charge in [0.05, 0.1) is 12.1 Å². The molecule has 0 aromatic rings. The monoisotopic (exact) mass is 332 g/mol. The van der Waals surface area contributed by atoms with Gasteiger partial charge in [-0.3, -0.25) is 14.9 Å². The molecule has 1 amide bonds. The third-order valence-corrected chi connectivity index (χ3v) is 5.34. The highest BCUT2D eigenvalue weighted by Crippen LogP contribution is 2.18. The van der Waals surface area contributed by atoms with Crippen LogP contribution in [-0.4, -0.2) is 46.9 Å². The van der Waals surface area contributed by atoms with Crippen LogP contribution < -0.4 is 10.6 Å². The Bertz CT molecular complexity index is 334. The van der Waals surface area contributed by atoms with Gasteiger partial charge in [-0.1, -0.05) is 38.5 Å². The van der Waals surface area contributed by atoms with Crippen molar-refractivity contribution in [1.82, 2.24) is 10.6 Å². The maximum atomic E-state index is 12.4. The predicted molar refractivity (Wildman–Crippen MR) is 92.9 cm³/mol. The molecule has 1 aliphatic rings. The van der Waals surface area contributed by atoms with Crippen molar-refractivity contribution in [1.29, 1.82) is 0 Å². The number of carbonyl (C=O) groups excluding carboxylic acids is 2. The molecule has 1 fully saturated rings.